The molecule has 1 aromatic heterocycles. The number of fused-ring (bicyclic) bond motifs is 2. The van der Waals surface area contributed by atoms with E-state index in [1.165, 1.54) is 23.4 Å². The van der Waals surface area contributed by atoms with E-state index in [1.54, 1.807) is 0 Å². The summed E-state index contributed by atoms with van der Waals surface area (Å²) in [6.07, 6.45) is 3.42. The number of anilines is 1. The van der Waals surface area contributed by atoms with Crippen LogP contribution in [0.5, 0.6) is 0 Å². The van der Waals surface area contributed by atoms with Gasteiger partial charge in [-0.15, -0.1) is 0 Å². The topological polar surface area (TPSA) is 70.4 Å². The van der Waals surface area contributed by atoms with Crippen LogP contribution in [0.15, 0.2) is 6.07 Å². The van der Waals surface area contributed by atoms with Gasteiger partial charge in [0.1, 0.15) is 5.82 Å². The van der Waals surface area contributed by atoms with E-state index in [0.29, 0.717) is 19.0 Å². The van der Waals surface area contributed by atoms with Crippen LogP contribution in [0.2, 0.25) is 0 Å². The van der Waals surface area contributed by atoms with Crippen LogP contribution < -0.4 is 5.32 Å². The zero-order valence-electron chi connectivity index (χ0n) is 10.8. The summed E-state index contributed by atoms with van der Waals surface area (Å²) in [4.78, 5) is 12.5. The average Bonchev–Trinajstić information content (AvgIpc) is 3.09. The van der Waals surface area contributed by atoms with E-state index in [4.69, 9.17) is 10.2 Å². The van der Waals surface area contributed by atoms with Gasteiger partial charge in [0, 0.05) is 31.6 Å². The number of nitrogens with one attached hydrogen (secondary N) is 1. The first-order valence-corrected chi connectivity index (χ1v) is 7.00. The molecule has 3 aliphatic rings. The van der Waals surface area contributed by atoms with E-state index in [0.717, 1.165) is 25.2 Å². The van der Waals surface area contributed by atoms with Crippen molar-refractivity contribution in [3.05, 3.63) is 11.8 Å². The van der Waals surface area contributed by atoms with Gasteiger partial charge in [-0.1, -0.05) is 0 Å². The Hall–Kier alpha value is -1.72. The second-order valence-electron chi connectivity index (χ2n) is 5.99. The number of likely N-dealkylation sites (tertiary alicyclic amines) is 1. The monoisotopic (exact) mass is 262 g/mol. The summed E-state index contributed by atoms with van der Waals surface area (Å²) in [6, 6.07) is 2.18. The van der Waals surface area contributed by atoms with Gasteiger partial charge in [0.05, 0.1) is 11.2 Å². The minimum Gasteiger partial charge on any atom is -0.465 e. The molecule has 0 atom stereocenters. The molecule has 0 unspecified atom stereocenters. The van der Waals surface area contributed by atoms with Crippen molar-refractivity contribution in [3.8, 4) is 0 Å². The van der Waals surface area contributed by atoms with Crippen molar-refractivity contribution in [2.24, 2.45) is 0 Å². The molecule has 1 saturated heterocycles. The maximum atomic E-state index is 11.0. The third-order valence-electron chi connectivity index (χ3n) is 4.74. The minimum atomic E-state index is -0.805. The zero-order chi connectivity index (χ0) is 13.0. The van der Waals surface area contributed by atoms with Crippen LogP contribution >= 0.6 is 0 Å². The summed E-state index contributed by atoms with van der Waals surface area (Å²) in [6.45, 7) is 2.10. The van der Waals surface area contributed by atoms with Crippen LogP contribution in [-0.2, 0) is 5.54 Å². The lowest BCUT2D eigenvalue weighted by Crippen LogP contribution is -2.48. The van der Waals surface area contributed by atoms with Crippen molar-refractivity contribution in [1.82, 2.24) is 14.7 Å². The van der Waals surface area contributed by atoms with Crippen LogP contribution in [0.4, 0.5) is 10.6 Å². The fourth-order valence-corrected chi connectivity index (χ4v) is 3.30. The first kappa shape index (κ1) is 11.1. The van der Waals surface area contributed by atoms with Gasteiger partial charge in [-0.3, -0.25) is 0 Å². The number of rotatable bonds is 1. The molecule has 6 heteroatoms. The Morgan fingerprint density at radius 2 is 2.16 bits per heavy atom. The zero-order valence-corrected chi connectivity index (χ0v) is 10.8. The predicted molar refractivity (Wildman–Crippen MR) is 69.5 cm³/mol. The van der Waals surface area contributed by atoms with E-state index in [-0.39, 0.29) is 5.54 Å². The number of carboxylic acid groups (broad SMARTS) is 1. The van der Waals surface area contributed by atoms with Crippen molar-refractivity contribution in [3.63, 3.8) is 0 Å². The highest BCUT2D eigenvalue weighted by Gasteiger charge is 2.44. The first-order valence-electron chi connectivity index (χ1n) is 7.00. The standard InChI is InChI=1S/C13H18N4O2/c18-12(19)16-5-3-13(4-6-16)8-14-11-7-10(9-1-2-9)15-17(11)13/h7,9,14H,1-6,8H2,(H,18,19). The molecular weight excluding hydrogens is 244 g/mol. The lowest BCUT2D eigenvalue weighted by atomic mass is 9.88. The number of nitrogens with zero attached hydrogens (tertiary/aromatic N) is 3. The first-order chi connectivity index (χ1) is 9.18. The average molecular weight is 262 g/mol. The maximum absolute atomic E-state index is 11.0. The lowest BCUT2D eigenvalue weighted by Gasteiger charge is -2.37. The van der Waals surface area contributed by atoms with Crippen molar-refractivity contribution >= 4 is 11.9 Å². The van der Waals surface area contributed by atoms with Gasteiger partial charge >= 0.3 is 6.09 Å². The molecule has 2 aliphatic heterocycles. The van der Waals surface area contributed by atoms with Crippen LogP contribution in [-0.4, -0.2) is 45.5 Å². The second kappa shape index (κ2) is 3.65. The molecule has 4 rings (SSSR count). The molecule has 1 saturated carbocycles. The van der Waals surface area contributed by atoms with Gasteiger partial charge in [-0.25, -0.2) is 9.48 Å². The molecule has 2 fully saturated rings. The third-order valence-corrected chi connectivity index (χ3v) is 4.74. The Morgan fingerprint density at radius 1 is 1.42 bits per heavy atom. The maximum Gasteiger partial charge on any atom is 0.407 e. The fourth-order valence-electron chi connectivity index (χ4n) is 3.30. The molecular formula is C13H18N4O2. The molecule has 6 nitrogen and oxygen atoms in total. The van der Waals surface area contributed by atoms with E-state index >= 15 is 0 Å². The largest absolute Gasteiger partial charge is 0.465 e. The van der Waals surface area contributed by atoms with Crippen molar-refractivity contribution in [2.75, 3.05) is 25.0 Å². The van der Waals surface area contributed by atoms with E-state index < -0.39 is 6.09 Å². The quantitative estimate of drug-likeness (QED) is 0.807. The molecule has 0 aromatic carbocycles. The minimum absolute atomic E-state index is 0.00553. The van der Waals surface area contributed by atoms with Crippen LogP contribution in [0.1, 0.15) is 37.3 Å². The Kier molecular flexibility index (Phi) is 2.14. The molecule has 2 N–H and O–H groups in total. The highest BCUT2D eigenvalue weighted by molar-refractivity contribution is 5.65. The summed E-state index contributed by atoms with van der Waals surface area (Å²) in [7, 11) is 0. The molecule has 102 valence electrons. The molecule has 1 spiro atoms. The summed E-state index contributed by atoms with van der Waals surface area (Å²) >= 11 is 0. The number of piperidine rings is 1. The number of amides is 1. The summed E-state index contributed by atoms with van der Waals surface area (Å²) in [5, 5.41) is 17.3. The molecule has 0 bridgehead atoms. The van der Waals surface area contributed by atoms with Crippen LogP contribution in [0, 0.1) is 0 Å². The Morgan fingerprint density at radius 3 is 2.79 bits per heavy atom. The summed E-state index contributed by atoms with van der Waals surface area (Å²) in [5.41, 5.74) is 1.20. The summed E-state index contributed by atoms with van der Waals surface area (Å²) < 4.78 is 2.14. The molecule has 1 amide bonds. The van der Waals surface area contributed by atoms with E-state index in [9.17, 15) is 4.79 Å². The lowest BCUT2D eigenvalue weighted by molar-refractivity contribution is 0.0985. The Labute approximate surface area is 111 Å². The van der Waals surface area contributed by atoms with Gasteiger partial charge in [0.2, 0.25) is 0 Å². The predicted octanol–water partition coefficient (Wildman–Crippen LogP) is 1.66. The third kappa shape index (κ3) is 1.62. The van der Waals surface area contributed by atoms with Crippen LogP contribution in [0.3, 0.4) is 0 Å². The molecule has 0 radical (unpaired) electrons. The number of hydrogen-bond donors (Lipinski definition) is 2. The number of hydrogen-bond acceptors (Lipinski definition) is 3. The van der Waals surface area contributed by atoms with E-state index in [1.807, 2.05) is 0 Å². The molecule has 1 aromatic rings. The van der Waals surface area contributed by atoms with Crippen molar-refractivity contribution in [2.45, 2.75) is 37.1 Å². The second-order valence-corrected chi connectivity index (χ2v) is 5.99. The van der Waals surface area contributed by atoms with Gasteiger partial charge in [-0.05, 0) is 25.7 Å². The normalized spacial score (nSPS) is 24.3. The Bertz CT molecular complexity index is 527. The van der Waals surface area contributed by atoms with Crippen molar-refractivity contribution < 1.29 is 9.90 Å². The van der Waals surface area contributed by atoms with E-state index in [2.05, 4.69) is 16.1 Å². The fraction of sp³-hybridized carbons (Fsp3) is 0.692. The smallest absolute Gasteiger partial charge is 0.407 e. The van der Waals surface area contributed by atoms with Crippen molar-refractivity contribution in [1.29, 1.82) is 0 Å². The Balaban J connectivity index is 1.59. The van der Waals surface area contributed by atoms with Gasteiger partial charge in [0.25, 0.3) is 0 Å². The number of aromatic nitrogens is 2. The van der Waals surface area contributed by atoms with Gasteiger partial charge in [-0.2, -0.15) is 5.10 Å². The highest BCUT2D eigenvalue weighted by Crippen LogP contribution is 2.44. The summed E-state index contributed by atoms with van der Waals surface area (Å²) in [5.74, 6) is 1.78. The molecule has 3 heterocycles. The van der Waals surface area contributed by atoms with Crippen LogP contribution in [0.25, 0.3) is 0 Å². The number of carbonyl (C=O) groups is 1. The molecule has 1 aliphatic carbocycles. The van der Waals surface area contributed by atoms with Gasteiger partial charge < -0.3 is 15.3 Å². The SMILES string of the molecule is O=C(O)N1CCC2(CC1)CNc1cc(C3CC3)nn12. The highest BCUT2D eigenvalue weighted by atomic mass is 16.4. The van der Waals surface area contributed by atoms with Gasteiger partial charge in [0.15, 0.2) is 0 Å². The molecule has 19 heavy (non-hydrogen) atoms.